The average molecular weight is 375 g/mol. The van der Waals surface area contributed by atoms with Gasteiger partial charge in [-0.25, -0.2) is 4.68 Å². The van der Waals surface area contributed by atoms with Crippen molar-refractivity contribution in [3.8, 4) is 16.9 Å². The van der Waals surface area contributed by atoms with Gasteiger partial charge in [-0.2, -0.15) is 0 Å². The van der Waals surface area contributed by atoms with E-state index in [0.717, 1.165) is 43.5 Å². The molecule has 3 heterocycles. The first-order valence-electron chi connectivity index (χ1n) is 9.95. The number of hydrogen-bond donors (Lipinski definition) is 0. The number of hydrogen-bond acceptors (Lipinski definition) is 4. The number of carbonyl (C=O) groups excluding carboxylic acids is 1. The number of aryl methyl sites for hydroxylation is 1. The summed E-state index contributed by atoms with van der Waals surface area (Å²) in [6, 6.07) is 12.2. The number of pyridine rings is 1. The standard InChI is InChI=1S/C22H25N5O/c1-3-17-9-11-19(12-10-17)27-21(18-8-6-13-23-15-18)20(24-25-27)22(28)26-14-5-4-7-16(26)2/h6,8-13,15-16H,3-5,7,14H2,1-2H3/t16-/m0/s1. The molecule has 0 bridgehead atoms. The smallest absolute Gasteiger partial charge is 0.276 e. The van der Waals surface area contributed by atoms with E-state index in [-0.39, 0.29) is 11.9 Å². The van der Waals surface area contributed by atoms with E-state index in [1.165, 1.54) is 5.56 Å². The highest BCUT2D eigenvalue weighted by Crippen LogP contribution is 2.28. The Hall–Kier alpha value is -3.02. The Morgan fingerprint density at radius 1 is 1.18 bits per heavy atom. The molecule has 1 aromatic carbocycles. The van der Waals surface area contributed by atoms with Gasteiger partial charge in [0.2, 0.25) is 0 Å². The van der Waals surface area contributed by atoms with Crippen molar-refractivity contribution in [2.75, 3.05) is 6.54 Å². The number of aromatic nitrogens is 4. The molecule has 1 aliphatic heterocycles. The SMILES string of the molecule is CCc1ccc(-n2nnc(C(=O)N3CCCC[C@@H]3C)c2-c2cccnc2)cc1. The van der Waals surface area contributed by atoms with Gasteiger partial charge in [-0.1, -0.05) is 24.3 Å². The molecule has 4 rings (SSSR count). The number of likely N-dealkylation sites (tertiary alicyclic amines) is 1. The van der Waals surface area contributed by atoms with Crippen molar-refractivity contribution in [1.29, 1.82) is 0 Å². The van der Waals surface area contributed by atoms with E-state index >= 15 is 0 Å². The fourth-order valence-corrected chi connectivity index (χ4v) is 3.78. The lowest BCUT2D eigenvalue weighted by Crippen LogP contribution is -2.42. The minimum absolute atomic E-state index is 0.0533. The van der Waals surface area contributed by atoms with Gasteiger partial charge >= 0.3 is 0 Å². The highest BCUT2D eigenvalue weighted by Gasteiger charge is 2.30. The Labute approximate surface area is 165 Å². The van der Waals surface area contributed by atoms with Crippen LogP contribution in [0.3, 0.4) is 0 Å². The summed E-state index contributed by atoms with van der Waals surface area (Å²) in [5, 5.41) is 8.67. The van der Waals surface area contributed by atoms with Crippen molar-refractivity contribution in [2.24, 2.45) is 0 Å². The maximum atomic E-state index is 13.3. The summed E-state index contributed by atoms with van der Waals surface area (Å²) in [5.41, 5.74) is 4.06. The largest absolute Gasteiger partial charge is 0.334 e. The van der Waals surface area contributed by atoms with Crippen LogP contribution in [-0.2, 0) is 6.42 Å². The first kappa shape index (κ1) is 18.3. The lowest BCUT2D eigenvalue weighted by atomic mass is 10.0. The molecule has 6 nitrogen and oxygen atoms in total. The van der Waals surface area contributed by atoms with Gasteiger partial charge in [0, 0.05) is 30.5 Å². The predicted octanol–water partition coefficient (Wildman–Crippen LogP) is 3.91. The number of nitrogens with zero attached hydrogens (tertiary/aromatic N) is 5. The van der Waals surface area contributed by atoms with Crippen LogP contribution in [0.2, 0.25) is 0 Å². The molecule has 0 aliphatic carbocycles. The van der Waals surface area contributed by atoms with E-state index in [1.54, 1.807) is 17.1 Å². The minimum Gasteiger partial charge on any atom is -0.334 e. The zero-order chi connectivity index (χ0) is 19.5. The van der Waals surface area contributed by atoms with Crippen LogP contribution in [0, 0.1) is 0 Å². The van der Waals surface area contributed by atoms with Crippen molar-refractivity contribution in [3.63, 3.8) is 0 Å². The first-order chi connectivity index (χ1) is 13.7. The maximum absolute atomic E-state index is 13.3. The fourth-order valence-electron chi connectivity index (χ4n) is 3.78. The van der Waals surface area contributed by atoms with E-state index in [0.29, 0.717) is 11.4 Å². The third-order valence-electron chi connectivity index (χ3n) is 5.46. The first-order valence-corrected chi connectivity index (χ1v) is 9.95. The molecule has 1 saturated heterocycles. The van der Waals surface area contributed by atoms with Gasteiger partial charge in [-0.3, -0.25) is 9.78 Å². The summed E-state index contributed by atoms with van der Waals surface area (Å²) in [6.45, 7) is 5.00. The molecule has 0 unspecified atom stereocenters. The molecule has 0 saturated carbocycles. The van der Waals surface area contributed by atoms with Gasteiger partial charge in [0.05, 0.1) is 5.69 Å². The Morgan fingerprint density at radius 2 is 2.00 bits per heavy atom. The zero-order valence-electron chi connectivity index (χ0n) is 16.4. The van der Waals surface area contributed by atoms with Gasteiger partial charge in [0.15, 0.2) is 5.69 Å². The van der Waals surface area contributed by atoms with Crippen LogP contribution in [0.5, 0.6) is 0 Å². The quantitative estimate of drug-likeness (QED) is 0.694. The topological polar surface area (TPSA) is 63.9 Å². The van der Waals surface area contributed by atoms with Crippen LogP contribution < -0.4 is 0 Å². The summed E-state index contributed by atoms with van der Waals surface area (Å²) in [5.74, 6) is -0.0533. The normalized spacial score (nSPS) is 16.9. The Kier molecular flexibility index (Phi) is 5.19. The molecule has 1 aliphatic rings. The molecule has 1 fully saturated rings. The molecule has 0 radical (unpaired) electrons. The molecule has 144 valence electrons. The third kappa shape index (κ3) is 3.42. The Morgan fingerprint density at radius 3 is 2.68 bits per heavy atom. The van der Waals surface area contributed by atoms with Crippen LogP contribution in [0.15, 0.2) is 48.8 Å². The molecule has 0 spiro atoms. The highest BCUT2D eigenvalue weighted by molar-refractivity contribution is 5.98. The van der Waals surface area contributed by atoms with Crippen molar-refractivity contribution in [1.82, 2.24) is 24.9 Å². The van der Waals surface area contributed by atoms with Crippen LogP contribution in [0.1, 0.15) is 49.2 Å². The molecule has 3 aromatic rings. The third-order valence-corrected chi connectivity index (χ3v) is 5.46. The lowest BCUT2D eigenvalue weighted by Gasteiger charge is -2.33. The van der Waals surface area contributed by atoms with Crippen LogP contribution in [0.25, 0.3) is 16.9 Å². The summed E-state index contributed by atoms with van der Waals surface area (Å²) in [4.78, 5) is 19.5. The molecular formula is C22H25N5O. The summed E-state index contributed by atoms with van der Waals surface area (Å²) >= 11 is 0. The van der Waals surface area contributed by atoms with Crippen molar-refractivity contribution in [3.05, 3.63) is 60.0 Å². The van der Waals surface area contributed by atoms with Crippen LogP contribution in [0.4, 0.5) is 0 Å². The van der Waals surface area contributed by atoms with E-state index < -0.39 is 0 Å². The van der Waals surface area contributed by atoms with E-state index in [4.69, 9.17) is 0 Å². The maximum Gasteiger partial charge on any atom is 0.276 e. The van der Waals surface area contributed by atoms with Crippen molar-refractivity contribution >= 4 is 5.91 Å². The summed E-state index contributed by atoms with van der Waals surface area (Å²) in [7, 11) is 0. The fraction of sp³-hybridized carbons (Fsp3) is 0.364. The Balaban J connectivity index is 1.80. The summed E-state index contributed by atoms with van der Waals surface area (Å²) < 4.78 is 1.75. The number of piperidine rings is 1. The number of rotatable bonds is 4. The second-order valence-electron chi connectivity index (χ2n) is 7.30. The minimum atomic E-state index is -0.0533. The summed E-state index contributed by atoms with van der Waals surface area (Å²) in [6.07, 6.45) is 7.68. The Bertz CT molecular complexity index is 949. The molecule has 6 heteroatoms. The molecule has 28 heavy (non-hydrogen) atoms. The molecule has 1 amide bonds. The van der Waals surface area contributed by atoms with Crippen LogP contribution >= 0.6 is 0 Å². The predicted molar refractivity (Wildman–Crippen MR) is 108 cm³/mol. The lowest BCUT2D eigenvalue weighted by molar-refractivity contribution is 0.0630. The van der Waals surface area contributed by atoms with E-state index in [9.17, 15) is 4.79 Å². The number of amides is 1. The molecule has 2 aromatic heterocycles. The van der Waals surface area contributed by atoms with Gasteiger partial charge in [-0.15, -0.1) is 5.10 Å². The van der Waals surface area contributed by atoms with E-state index in [2.05, 4.69) is 41.3 Å². The second kappa shape index (κ2) is 7.92. The molecule has 1 atom stereocenters. The van der Waals surface area contributed by atoms with Gasteiger partial charge < -0.3 is 4.90 Å². The van der Waals surface area contributed by atoms with Crippen molar-refractivity contribution in [2.45, 2.75) is 45.6 Å². The highest BCUT2D eigenvalue weighted by atomic mass is 16.2. The van der Waals surface area contributed by atoms with E-state index in [1.807, 2.05) is 29.2 Å². The monoisotopic (exact) mass is 375 g/mol. The van der Waals surface area contributed by atoms with Gasteiger partial charge in [-0.05, 0) is 62.4 Å². The molecular weight excluding hydrogens is 350 g/mol. The van der Waals surface area contributed by atoms with Crippen molar-refractivity contribution < 1.29 is 4.79 Å². The van der Waals surface area contributed by atoms with Gasteiger partial charge in [0.25, 0.3) is 5.91 Å². The zero-order valence-corrected chi connectivity index (χ0v) is 16.4. The average Bonchev–Trinajstić information content (AvgIpc) is 3.19. The second-order valence-corrected chi connectivity index (χ2v) is 7.30. The van der Waals surface area contributed by atoms with Crippen LogP contribution in [-0.4, -0.2) is 43.4 Å². The van der Waals surface area contributed by atoms with Gasteiger partial charge in [0.1, 0.15) is 5.69 Å². The number of benzene rings is 1. The number of carbonyl (C=O) groups is 1. The molecule has 0 N–H and O–H groups in total.